The fourth-order valence-corrected chi connectivity index (χ4v) is 3.17. The van der Waals surface area contributed by atoms with E-state index in [9.17, 15) is 4.79 Å². The number of ether oxygens (including phenoxy) is 3. The number of aromatic nitrogens is 1. The molecule has 22 heavy (non-hydrogen) atoms. The number of nitrogens with one attached hydrogen (secondary N) is 1. The molecule has 0 saturated heterocycles. The topological polar surface area (TPSA) is 69.7 Å². The second-order valence-corrected chi connectivity index (χ2v) is 5.80. The molecule has 3 rings (SSSR count). The SMILES string of the molecule is COc1ccc(C(=O)Nc2nc3c(s2)COCC3)c(OC)c1. The summed E-state index contributed by atoms with van der Waals surface area (Å²) in [6.07, 6.45) is 0.785. The molecule has 1 aromatic carbocycles. The first-order chi connectivity index (χ1) is 10.7. The van der Waals surface area contributed by atoms with E-state index in [1.165, 1.54) is 18.4 Å². The monoisotopic (exact) mass is 320 g/mol. The molecule has 0 fully saturated rings. The van der Waals surface area contributed by atoms with Crippen molar-refractivity contribution in [1.29, 1.82) is 0 Å². The van der Waals surface area contributed by atoms with Gasteiger partial charge in [0.2, 0.25) is 0 Å². The second-order valence-electron chi connectivity index (χ2n) is 4.71. The van der Waals surface area contributed by atoms with E-state index in [2.05, 4.69) is 10.3 Å². The highest BCUT2D eigenvalue weighted by molar-refractivity contribution is 7.15. The fourth-order valence-electron chi connectivity index (χ4n) is 2.23. The van der Waals surface area contributed by atoms with Crippen molar-refractivity contribution in [3.8, 4) is 11.5 Å². The molecule has 1 aliphatic rings. The van der Waals surface area contributed by atoms with Crippen LogP contribution in [0.1, 0.15) is 20.9 Å². The lowest BCUT2D eigenvalue weighted by Gasteiger charge is -2.09. The Bertz CT molecular complexity index is 675. The Labute approximate surface area is 132 Å². The van der Waals surface area contributed by atoms with Gasteiger partial charge in [-0.25, -0.2) is 4.98 Å². The number of carbonyl (C=O) groups is 1. The first-order valence-corrected chi connectivity index (χ1v) is 7.62. The molecular weight excluding hydrogens is 304 g/mol. The summed E-state index contributed by atoms with van der Waals surface area (Å²) in [4.78, 5) is 17.9. The van der Waals surface area contributed by atoms with Gasteiger partial charge < -0.3 is 14.2 Å². The average molecular weight is 320 g/mol. The maximum Gasteiger partial charge on any atom is 0.261 e. The lowest BCUT2D eigenvalue weighted by Crippen LogP contribution is -2.13. The van der Waals surface area contributed by atoms with Gasteiger partial charge in [0.15, 0.2) is 5.13 Å². The van der Waals surface area contributed by atoms with Gasteiger partial charge in [-0.05, 0) is 12.1 Å². The Morgan fingerprint density at radius 2 is 2.23 bits per heavy atom. The number of rotatable bonds is 4. The maximum atomic E-state index is 12.4. The minimum absolute atomic E-state index is 0.258. The molecule has 6 nitrogen and oxygen atoms in total. The molecule has 7 heteroatoms. The number of benzene rings is 1. The van der Waals surface area contributed by atoms with Crippen LogP contribution in [0, 0.1) is 0 Å². The predicted octanol–water partition coefficient (Wildman–Crippen LogP) is 2.49. The summed E-state index contributed by atoms with van der Waals surface area (Å²) in [6, 6.07) is 5.07. The van der Waals surface area contributed by atoms with E-state index in [4.69, 9.17) is 14.2 Å². The van der Waals surface area contributed by atoms with E-state index in [0.717, 1.165) is 17.0 Å². The Kier molecular flexibility index (Phi) is 4.26. The lowest BCUT2D eigenvalue weighted by molar-refractivity contribution is 0.102. The molecule has 1 aromatic heterocycles. The number of amides is 1. The molecule has 1 aliphatic heterocycles. The van der Waals surface area contributed by atoms with Gasteiger partial charge >= 0.3 is 0 Å². The molecule has 2 aromatic rings. The smallest absolute Gasteiger partial charge is 0.261 e. The Morgan fingerprint density at radius 1 is 1.36 bits per heavy atom. The Hall–Kier alpha value is -2.12. The van der Waals surface area contributed by atoms with Crippen LogP contribution in [0.3, 0.4) is 0 Å². The molecule has 0 aliphatic carbocycles. The summed E-state index contributed by atoms with van der Waals surface area (Å²) >= 11 is 1.45. The van der Waals surface area contributed by atoms with Crippen molar-refractivity contribution in [1.82, 2.24) is 4.98 Å². The average Bonchev–Trinajstić information content (AvgIpc) is 2.96. The van der Waals surface area contributed by atoms with Crippen molar-refractivity contribution in [3.63, 3.8) is 0 Å². The molecule has 1 N–H and O–H groups in total. The van der Waals surface area contributed by atoms with E-state index in [1.807, 2.05) is 0 Å². The number of methoxy groups -OCH3 is 2. The molecule has 0 unspecified atom stereocenters. The normalized spacial score (nSPS) is 13.4. The largest absolute Gasteiger partial charge is 0.497 e. The van der Waals surface area contributed by atoms with Crippen molar-refractivity contribution < 1.29 is 19.0 Å². The van der Waals surface area contributed by atoms with Gasteiger partial charge in [0.25, 0.3) is 5.91 Å². The quantitative estimate of drug-likeness (QED) is 0.937. The molecule has 1 amide bonds. The summed E-state index contributed by atoms with van der Waals surface area (Å²) in [7, 11) is 3.08. The zero-order valence-corrected chi connectivity index (χ0v) is 13.2. The first kappa shape index (κ1) is 14.8. The Balaban J connectivity index is 1.81. The third-order valence-electron chi connectivity index (χ3n) is 3.37. The van der Waals surface area contributed by atoms with Crippen molar-refractivity contribution in [2.24, 2.45) is 0 Å². The summed E-state index contributed by atoms with van der Waals surface area (Å²) in [5.74, 6) is 0.836. The van der Waals surface area contributed by atoms with E-state index >= 15 is 0 Å². The first-order valence-electron chi connectivity index (χ1n) is 6.81. The summed E-state index contributed by atoms with van der Waals surface area (Å²) in [6.45, 7) is 1.24. The molecule has 0 saturated carbocycles. The van der Waals surface area contributed by atoms with Crippen LogP contribution in [0.2, 0.25) is 0 Å². The van der Waals surface area contributed by atoms with Crippen molar-refractivity contribution in [3.05, 3.63) is 34.3 Å². The fraction of sp³-hybridized carbons (Fsp3) is 0.333. The minimum Gasteiger partial charge on any atom is -0.497 e. The molecule has 2 heterocycles. The standard InChI is InChI=1S/C15H16N2O4S/c1-19-9-3-4-10(12(7-9)20-2)14(18)17-15-16-11-5-6-21-8-13(11)22-15/h3-4,7H,5-6,8H2,1-2H3,(H,16,17,18). The highest BCUT2D eigenvalue weighted by Gasteiger charge is 2.19. The summed E-state index contributed by atoms with van der Waals surface area (Å²) < 4.78 is 15.8. The van der Waals surface area contributed by atoms with Gasteiger partial charge in [-0.1, -0.05) is 11.3 Å². The minimum atomic E-state index is -0.258. The van der Waals surface area contributed by atoms with E-state index in [0.29, 0.717) is 35.4 Å². The van der Waals surface area contributed by atoms with Gasteiger partial charge in [0.1, 0.15) is 11.5 Å². The predicted molar refractivity (Wildman–Crippen MR) is 83.0 cm³/mol. The van der Waals surface area contributed by atoms with Gasteiger partial charge in [-0.3, -0.25) is 10.1 Å². The van der Waals surface area contributed by atoms with Crippen molar-refractivity contribution >= 4 is 22.4 Å². The highest BCUT2D eigenvalue weighted by atomic mass is 32.1. The van der Waals surface area contributed by atoms with E-state index < -0.39 is 0 Å². The van der Waals surface area contributed by atoms with Crippen molar-refractivity contribution in [2.45, 2.75) is 13.0 Å². The maximum absolute atomic E-state index is 12.4. The zero-order chi connectivity index (χ0) is 15.5. The number of thiazole rings is 1. The van der Waals surface area contributed by atoms with Crippen LogP contribution in [0.4, 0.5) is 5.13 Å². The van der Waals surface area contributed by atoms with Gasteiger partial charge in [-0.15, -0.1) is 0 Å². The number of carbonyl (C=O) groups excluding carboxylic acids is 1. The number of hydrogen-bond donors (Lipinski definition) is 1. The zero-order valence-electron chi connectivity index (χ0n) is 12.3. The van der Waals surface area contributed by atoms with Crippen LogP contribution >= 0.6 is 11.3 Å². The van der Waals surface area contributed by atoms with Crippen LogP contribution < -0.4 is 14.8 Å². The number of anilines is 1. The van der Waals surface area contributed by atoms with Crippen LogP contribution in [-0.2, 0) is 17.8 Å². The third-order valence-corrected chi connectivity index (χ3v) is 4.35. The highest BCUT2D eigenvalue weighted by Crippen LogP contribution is 2.29. The third kappa shape index (κ3) is 2.90. The van der Waals surface area contributed by atoms with Gasteiger partial charge in [-0.2, -0.15) is 0 Å². The second kappa shape index (κ2) is 6.33. The van der Waals surface area contributed by atoms with Crippen LogP contribution in [0.15, 0.2) is 18.2 Å². The summed E-state index contributed by atoms with van der Waals surface area (Å²) in [5.41, 5.74) is 1.45. The van der Waals surface area contributed by atoms with E-state index in [1.54, 1.807) is 25.3 Å². The summed E-state index contributed by atoms with van der Waals surface area (Å²) in [5, 5.41) is 3.40. The molecular formula is C15H16N2O4S. The molecule has 116 valence electrons. The van der Waals surface area contributed by atoms with Crippen LogP contribution in [0.5, 0.6) is 11.5 Å². The molecule has 0 bridgehead atoms. The molecule has 0 spiro atoms. The van der Waals surface area contributed by atoms with E-state index in [-0.39, 0.29) is 5.91 Å². The van der Waals surface area contributed by atoms with Crippen LogP contribution in [0.25, 0.3) is 0 Å². The van der Waals surface area contributed by atoms with Crippen molar-refractivity contribution in [2.75, 3.05) is 26.1 Å². The molecule has 0 atom stereocenters. The Morgan fingerprint density at radius 3 is 2.95 bits per heavy atom. The molecule has 0 radical (unpaired) electrons. The lowest BCUT2D eigenvalue weighted by atomic mass is 10.2. The number of nitrogens with zero attached hydrogens (tertiary/aromatic N) is 1. The van der Waals surface area contributed by atoms with Gasteiger partial charge in [0, 0.05) is 12.5 Å². The van der Waals surface area contributed by atoms with Gasteiger partial charge in [0.05, 0.1) is 43.6 Å². The number of fused-ring (bicyclic) bond motifs is 1. The number of hydrogen-bond acceptors (Lipinski definition) is 6. The van der Waals surface area contributed by atoms with Crippen LogP contribution in [-0.4, -0.2) is 31.7 Å².